The number of carbonyl (C=O) groups excluding carboxylic acids is 1. The van der Waals surface area contributed by atoms with Crippen molar-refractivity contribution in [2.45, 2.75) is 18.0 Å². The molecule has 0 atom stereocenters. The van der Waals surface area contributed by atoms with Crippen molar-refractivity contribution in [2.24, 2.45) is 0 Å². The quantitative estimate of drug-likeness (QED) is 0.797. The fourth-order valence-electron chi connectivity index (χ4n) is 2.14. The molecule has 2 aromatic carbocycles. The van der Waals surface area contributed by atoms with Gasteiger partial charge in [0, 0.05) is 18.0 Å². The second-order valence-corrected chi connectivity index (χ2v) is 6.43. The van der Waals surface area contributed by atoms with Gasteiger partial charge in [-0.25, -0.2) is 0 Å². The predicted octanol–water partition coefficient (Wildman–Crippen LogP) is 3.16. The second kappa shape index (κ2) is 8.61. The molecule has 0 aliphatic carbocycles. The number of rotatable bonds is 7. The zero-order valence-electron chi connectivity index (χ0n) is 13.1. The Hall–Kier alpha value is -1.78. The lowest BCUT2D eigenvalue weighted by Crippen LogP contribution is -2.25. The van der Waals surface area contributed by atoms with E-state index in [0.29, 0.717) is 12.3 Å². The van der Waals surface area contributed by atoms with E-state index in [0.717, 1.165) is 11.4 Å². The molecule has 22 heavy (non-hydrogen) atoms. The van der Waals surface area contributed by atoms with Crippen molar-refractivity contribution in [3.05, 3.63) is 65.7 Å². The molecule has 0 aliphatic rings. The number of thioether (sulfide) groups is 1. The summed E-state index contributed by atoms with van der Waals surface area (Å²) in [5.74, 6) is 0.508. The zero-order valence-corrected chi connectivity index (χ0v) is 13.9. The normalized spacial score (nSPS) is 10.7. The first-order valence-electron chi connectivity index (χ1n) is 7.31. The minimum atomic E-state index is 0.0634. The van der Waals surface area contributed by atoms with Gasteiger partial charge in [0.05, 0.1) is 5.75 Å². The molecule has 0 saturated heterocycles. The Bertz CT molecular complexity index is 599. The van der Waals surface area contributed by atoms with Gasteiger partial charge in [-0.3, -0.25) is 4.79 Å². The van der Waals surface area contributed by atoms with Gasteiger partial charge in [-0.15, -0.1) is 11.8 Å². The summed E-state index contributed by atoms with van der Waals surface area (Å²) in [5.41, 5.74) is 2.43. The summed E-state index contributed by atoms with van der Waals surface area (Å²) in [6.45, 7) is 1.46. The number of nitrogens with zero attached hydrogens (tertiary/aromatic N) is 1. The van der Waals surface area contributed by atoms with E-state index < -0.39 is 0 Å². The molecule has 3 nitrogen and oxygen atoms in total. The van der Waals surface area contributed by atoms with Gasteiger partial charge in [-0.2, -0.15) is 0 Å². The Morgan fingerprint density at radius 3 is 2.32 bits per heavy atom. The van der Waals surface area contributed by atoms with Crippen molar-refractivity contribution in [3.8, 4) is 0 Å². The zero-order chi connectivity index (χ0) is 15.8. The predicted molar refractivity (Wildman–Crippen MR) is 92.8 cm³/mol. The monoisotopic (exact) mass is 314 g/mol. The lowest BCUT2D eigenvalue weighted by atomic mass is 10.1. The molecule has 1 amide bonds. The number of hydrogen-bond donors (Lipinski definition) is 1. The highest BCUT2D eigenvalue weighted by molar-refractivity contribution is 8.00. The van der Waals surface area contributed by atoms with Crippen LogP contribution in [0.4, 0.5) is 0 Å². The number of benzene rings is 2. The van der Waals surface area contributed by atoms with Gasteiger partial charge in [0.25, 0.3) is 0 Å². The van der Waals surface area contributed by atoms with Crippen LogP contribution in [0.1, 0.15) is 11.1 Å². The van der Waals surface area contributed by atoms with Crippen LogP contribution in [-0.2, 0) is 17.9 Å². The lowest BCUT2D eigenvalue weighted by molar-refractivity contribution is -0.118. The van der Waals surface area contributed by atoms with Gasteiger partial charge < -0.3 is 10.2 Å². The standard InChI is InChI=1S/C18H22N2OS/c1-20(2)13-16-9-7-6-8-15(16)12-19-18(21)14-22-17-10-4-3-5-11-17/h3-11H,12-14H2,1-2H3,(H,19,21). The summed E-state index contributed by atoms with van der Waals surface area (Å²) >= 11 is 1.56. The van der Waals surface area contributed by atoms with E-state index >= 15 is 0 Å². The van der Waals surface area contributed by atoms with Crippen LogP contribution < -0.4 is 5.32 Å². The molecule has 4 heteroatoms. The fraction of sp³-hybridized carbons (Fsp3) is 0.278. The van der Waals surface area contributed by atoms with E-state index in [2.05, 4.69) is 22.3 Å². The Morgan fingerprint density at radius 1 is 1.00 bits per heavy atom. The van der Waals surface area contributed by atoms with Crippen LogP contribution in [0.2, 0.25) is 0 Å². The van der Waals surface area contributed by atoms with E-state index in [1.54, 1.807) is 11.8 Å². The minimum Gasteiger partial charge on any atom is -0.351 e. The maximum absolute atomic E-state index is 12.0. The first-order chi connectivity index (χ1) is 10.6. The highest BCUT2D eigenvalue weighted by atomic mass is 32.2. The molecule has 0 aromatic heterocycles. The topological polar surface area (TPSA) is 32.3 Å². The maximum Gasteiger partial charge on any atom is 0.230 e. The molecule has 0 bridgehead atoms. The van der Waals surface area contributed by atoms with Gasteiger partial charge in [0.15, 0.2) is 0 Å². The smallest absolute Gasteiger partial charge is 0.230 e. The van der Waals surface area contributed by atoms with Crippen LogP contribution in [0.5, 0.6) is 0 Å². The molecule has 0 aliphatic heterocycles. The van der Waals surface area contributed by atoms with Crippen molar-refractivity contribution in [1.82, 2.24) is 10.2 Å². The maximum atomic E-state index is 12.0. The minimum absolute atomic E-state index is 0.0634. The van der Waals surface area contributed by atoms with Crippen LogP contribution in [0.15, 0.2) is 59.5 Å². The third kappa shape index (κ3) is 5.54. The lowest BCUT2D eigenvalue weighted by Gasteiger charge is -2.14. The van der Waals surface area contributed by atoms with Crippen molar-refractivity contribution >= 4 is 17.7 Å². The summed E-state index contributed by atoms with van der Waals surface area (Å²) in [6, 6.07) is 18.2. The Kier molecular flexibility index (Phi) is 6.49. The SMILES string of the molecule is CN(C)Cc1ccccc1CNC(=O)CSc1ccccc1. The molecule has 0 radical (unpaired) electrons. The van der Waals surface area contributed by atoms with Gasteiger partial charge in [-0.05, 0) is 37.4 Å². The molecule has 2 aromatic rings. The number of hydrogen-bond acceptors (Lipinski definition) is 3. The average Bonchev–Trinajstić information content (AvgIpc) is 2.52. The number of nitrogens with one attached hydrogen (secondary N) is 1. The van der Waals surface area contributed by atoms with Gasteiger partial charge in [0.1, 0.15) is 0 Å². The molecule has 1 N–H and O–H groups in total. The number of carbonyl (C=O) groups is 1. The first-order valence-corrected chi connectivity index (χ1v) is 8.30. The third-order valence-corrected chi connectivity index (χ3v) is 4.21. The molecular weight excluding hydrogens is 292 g/mol. The summed E-state index contributed by atoms with van der Waals surface area (Å²) in [6.07, 6.45) is 0. The average molecular weight is 314 g/mol. The van der Waals surface area contributed by atoms with Crippen molar-refractivity contribution < 1.29 is 4.79 Å². The molecule has 2 rings (SSSR count). The molecule has 116 valence electrons. The van der Waals surface area contributed by atoms with Crippen molar-refractivity contribution in [1.29, 1.82) is 0 Å². The Labute approximate surface area is 136 Å². The second-order valence-electron chi connectivity index (χ2n) is 5.38. The molecule has 0 spiro atoms. The molecule has 0 unspecified atom stereocenters. The van der Waals surface area contributed by atoms with Crippen LogP contribution in [0.25, 0.3) is 0 Å². The Morgan fingerprint density at radius 2 is 1.64 bits per heavy atom. The van der Waals surface area contributed by atoms with E-state index in [4.69, 9.17) is 0 Å². The van der Waals surface area contributed by atoms with E-state index in [1.165, 1.54) is 11.1 Å². The summed E-state index contributed by atoms with van der Waals surface area (Å²) in [4.78, 5) is 15.2. The van der Waals surface area contributed by atoms with E-state index in [1.807, 2.05) is 56.6 Å². The largest absolute Gasteiger partial charge is 0.351 e. The first kappa shape index (κ1) is 16.6. The third-order valence-electron chi connectivity index (χ3n) is 3.19. The summed E-state index contributed by atoms with van der Waals surface area (Å²) < 4.78 is 0. The molecule has 0 fully saturated rings. The summed E-state index contributed by atoms with van der Waals surface area (Å²) in [5, 5.41) is 3.00. The van der Waals surface area contributed by atoms with Gasteiger partial charge in [0.2, 0.25) is 5.91 Å². The van der Waals surface area contributed by atoms with Crippen molar-refractivity contribution in [3.63, 3.8) is 0 Å². The van der Waals surface area contributed by atoms with Crippen molar-refractivity contribution in [2.75, 3.05) is 19.8 Å². The fourth-order valence-corrected chi connectivity index (χ4v) is 2.88. The van der Waals surface area contributed by atoms with Crippen LogP contribution in [-0.4, -0.2) is 30.7 Å². The highest BCUT2D eigenvalue weighted by Crippen LogP contribution is 2.16. The molecule has 0 saturated carbocycles. The van der Waals surface area contributed by atoms with E-state index in [-0.39, 0.29) is 5.91 Å². The van der Waals surface area contributed by atoms with Gasteiger partial charge in [-0.1, -0.05) is 42.5 Å². The van der Waals surface area contributed by atoms with Gasteiger partial charge >= 0.3 is 0 Å². The molecular formula is C18H22N2OS. The van der Waals surface area contributed by atoms with Crippen LogP contribution in [0.3, 0.4) is 0 Å². The number of amides is 1. The molecule has 0 heterocycles. The van der Waals surface area contributed by atoms with E-state index in [9.17, 15) is 4.79 Å². The van der Waals surface area contributed by atoms with Crippen LogP contribution >= 0.6 is 11.8 Å². The van der Waals surface area contributed by atoms with Crippen LogP contribution in [0, 0.1) is 0 Å². The Balaban J connectivity index is 1.83. The summed E-state index contributed by atoms with van der Waals surface area (Å²) in [7, 11) is 4.09. The highest BCUT2D eigenvalue weighted by Gasteiger charge is 2.06.